The molecule has 0 bridgehead atoms. The van der Waals surface area contributed by atoms with E-state index in [0.717, 1.165) is 18.1 Å². The highest BCUT2D eigenvalue weighted by atomic mass is 127. The van der Waals surface area contributed by atoms with E-state index < -0.39 is 9.84 Å². The second-order valence-electron chi connectivity index (χ2n) is 4.91. The van der Waals surface area contributed by atoms with Crippen LogP contribution in [0.1, 0.15) is 26.3 Å². The lowest BCUT2D eigenvalue weighted by Gasteiger charge is -2.13. The molecule has 0 saturated carbocycles. The topological polar surface area (TPSA) is 70.6 Å². The molecule has 0 amide bonds. The van der Waals surface area contributed by atoms with Crippen molar-refractivity contribution >= 4 is 39.8 Å². The Hall–Kier alpha value is -0.830. The summed E-state index contributed by atoms with van der Waals surface area (Å²) >= 11 is 0. The van der Waals surface area contributed by atoms with Gasteiger partial charge in [0.25, 0.3) is 0 Å². The van der Waals surface area contributed by atoms with Gasteiger partial charge in [-0.15, -0.1) is 24.0 Å². The monoisotopic (exact) mass is 425 g/mol. The highest BCUT2D eigenvalue weighted by Gasteiger charge is 2.06. The molecule has 0 unspecified atom stereocenters. The van der Waals surface area contributed by atoms with Crippen LogP contribution in [0.25, 0.3) is 0 Å². The Morgan fingerprint density at radius 2 is 1.81 bits per heavy atom. The van der Waals surface area contributed by atoms with E-state index in [4.69, 9.17) is 0 Å². The maximum Gasteiger partial charge on any atom is 0.191 e. The molecule has 2 N–H and O–H groups in total. The molecule has 7 heteroatoms. The average Bonchev–Trinajstić information content (AvgIpc) is 2.35. The average molecular weight is 425 g/mol. The fourth-order valence-electron chi connectivity index (χ4n) is 1.61. The van der Waals surface area contributed by atoms with Crippen LogP contribution in [0, 0.1) is 0 Å². The lowest BCUT2D eigenvalue weighted by Crippen LogP contribution is -2.40. The molecule has 1 rings (SSSR count). The lowest BCUT2D eigenvalue weighted by molar-refractivity contribution is 0.602. The van der Waals surface area contributed by atoms with Gasteiger partial charge in [0.15, 0.2) is 15.8 Å². The molecule has 21 heavy (non-hydrogen) atoms. The normalized spacial score (nSPS) is 12.0. The minimum Gasteiger partial charge on any atom is -0.357 e. The Bertz CT molecular complexity index is 554. The van der Waals surface area contributed by atoms with Gasteiger partial charge in [0.2, 0.25) is 0 Å². The van der Waals surface area contributed by atoms with Crippen molar-refractivity contribution in [2.75, 3.05) is 12.8 Å². The first-order valence-electron chi connectivity index (χ1n) is 6.66. The zero-order valence-electron chi connectivity index (χ0n) is 12.9. The summed E-state index contributed by atoms with van der Waals surface area (Å²) in [6.45, 7) is 7.41. The molecule has 0 aliphatic heterocycles. The van der Waals surface area contributed by atoms with E-state index in [1.54, 1.807) is 24.3 Å². The van der Waals surface area contributed by atoms with Crippen LogP contribution < -0.4 is 10.6 Å². The standard InChI is InChI=1S/C14H23N3O2S.HI/c1-5-15-14(17-11(2)3)16-10-12-6-8-13(9-7-12)20(4,18)19;/h6-9,11H,5,10H2,1-4H3,(H2,15,16,17);1H. The van der Waals surface area contributed by atoms with Gasteiger partial charge in [-0.3, -0.25) is 0 Å². The Labute approximate surface area is 144 Å². The number of hydrogen-bond donors (Lipinski definition) is 2. The third-order valence-corrected chi connectivity index (χ3v) is 3.67. The highest BCUT2D eigenvalue weighted by molar-refractivity contribution is 14.0. The molecular formula is C14H24IN3O2S. The number of nitrogens with one attached hydrogen (secondary N) is 2. The van der Waals surface area contributed by atoms with Crippen molar-refractivity contribution in [3.63, 3.8) is 0 Å². The number of halogens is 1. The Morgan fingerprint density at radius 3 is 2.24 bits per heavy atom. The number of aliphatic imine (C=N–C) groups is 1. The molecule has 0 atom stereocenters. The van der Waals surface area contributed by atoms with E-state index >= 15 is 0 Å². The second kappa shape index (κ2) is 9.24. The third kappa shape index (κ3) is 7.66. The van der Waals surface area contributed by atoms with Crippen LogP contribution in [0.15, 0.2) is 34.2 Å². The summed E-state index contributed by atoms with van der Waals surface area (Å²) in [6, 6.07) is 7.12. The molecule has 0 aliphatic carbocycles. The summed E-state index contributed by atoms with van der Waals surface area (Å²) in [4.78, 5) is 4.79. The molecule has 0 radical (unpaired) electrons. The van der Waals surface area contributed by atoms with Gasteiger partial charge < -0.3 is 10.6 Å². The predicted molar refractivity (Wildman–Crippen MR) is 98.1 cm³/mol. The molecule has 120 valence electrons. The molecule has 0 saturated heterocycles. The van der Waals surface area contributed by atoms with Crippen molar-refractivity contribution in [3.8, 4) is 0 Å². The van der Waals surface area contributed by atoms with Gasteiger partial charge in [-0.2, -0.15) is 0 Å². The van der Waals surface area contributed by atoms with Crippen LogP contribution in [0.3, 0.4) is 0 Å². The van der Waals surface area contributed by atoms with Gasteiger partial charge in [0.05, 0.1) is 11.4 Å². The van der Waals surface area contributed by atoms with E-state index in [1.807, 2.05) is 20.8 Å². The fraction of sp³-hybridized carbons (Fsp3) is 0.500. The zero-order chi connectivity index (χ0) is 15.2. The van der Waals surface area contributed by atoms with Crippen LogP contribution >= 0.6 is 24.0 Å². The van der Waals surface area contributed by atoms with Gasteiger partial charge in [-0.1, -0.05) is 12.1 Å². The first kappa shape index (κ1) is 20.2. The van der Waals surface area contributed by atoms with Gasteiger partial charge in [0, 0.05) is 18.8 Å². The summed E-state index contributed by atoms with van der Waals surface area (Å²) in [5, 5.41) is 6.39. The first-order chi connectivity index (χ1) is 9.32. The summed E-state index contributed by atoms with van der Waals surface area (Å²) in [5.74, 6) is 0.759. The zero-order valence-corrected chi connectivity index (χ0v) is 16.0. The fourth-order valence-corrected chi connectivity index (χ4v) is 2.24. The highest BCUT2D eigenvalue weighted by Crippen LogP contribution is 2.10. The van der Waals surface area contributed by atoms with E-state index in [9.17, 15) is 8.42 Å². The van der Waals surface area contributed by atoms with Crippen LogP contribution in [0.4, 0.5) is 0 Å². The number of benzene rings is 1. The summed E-state index contributed by atoms with van der Waals surface area (Å²) < 4.78 is 22.7. The van der Waals surface area contributed by atoms with Crippen molar-refractivity contribution in [2.24, 2.45) is 4.99 Å². The second-order valence-corrected chi connectivity index (χ2v) is 6.93. The van der Waals surface area contributed by atoms with Crippen LogP contribution in [-0.4, -0.2) is 33.2 Å². The molecule has 0 aliphatic rings. The summed E-state index contributed by atoms with van der Waals surface area (Å²) in [7, 11) is -3.14. The van der Waals surface area contributed by atoms with Gasteiger partial charge in [-0.05, 0) is 38.5 Å². The van der Waals surface area contributed by atoms with Crippen LogP contribution in [0.5, 0.6) is 0 Å². The maximum absolute atomic E-state index is 11.4. The molecule has 0 aromatic heterocycles. The summed E-state index contributed by atoms with van der Waals surface area (Å²) in [6.07, 6.45) is 1.20. The largest absolute Gasteiger partial charge is 0.357 e. The molecule has 1 aromatic carbocycles. The Kier molecular flexibility index (Phi) is 8.88. The molecule has 0 fully saturated rings. The van der Waals surface area contributed by atoms with Gasteiger partial charge >= 0.3 is 0 Å². The number of nitrogens with zero attached hydrogens (tertiary/aromatic N) is 1. The number of rotatable bonds is 5. The van der Waals surface area contributed by atoms with E-state index in [-0.39, 0.29) is 24.0 Å². The number of sulfone groups is 1. The van der Waals surface area contributed by atoms with Crippen LogP contribution in [-0.2, 0) is 16.4 Å². The maximum atomic E-state index is 11.4. The smallest absolute Gasteiger partial charge is 0.191 e. The first-order valence-corrected chi connectivity index (χ1v) is 8.56. The van der Waals surface area contributed by atoms with Gasteiger partial charge in [-0.25, -0.2) is 13.4 Å². The van der Waals surface area contributed by atoms with Crippen molar-refractivity contribution in [1.29, 1.82) is 0 Å². The number of guanidine groups is 1. The summed E-state index contributed by atoms with van der Waals surface area (Å²) in [5.41, 5.74) is 0.971. The SMILES string of the molecule is CCNC(=NCc1ccc(S(C)(=O)=O)cc1)NC(C)C.I. The Morgan fingerprint density at radius 1 is 1.24 bits per heavy atom. The third-order valence-electron chi connectivity index (χ3n) is 2.54. The molecule has 5 nitrogen and oxygen atoms in total. The van der Waals surface area contributed by atoms with E-state index in [2.05, 4.69) is 15.6 Å². The lowest BCUT2D eigenvalue weighted by atomic mass is 10.2. The van der Waals surface area contributed by atoms with E-state index in [0.29, 0.717) is 17.5 Å². The Balaban J connectivity index is 0.00000400. The van der Waals surface area contributed by atoms with Crippen molar-refractivity contribution < 1.29 is 8.42 Å². The van der Waals surface area contributed by atoms with Gasteiger partial charge in [0.1, 0.15) is 0 Å². The molecule has 1 aromatic rings. The molecule has 0 spiro atoms. The minimum absolute atomic E-state index is 0. The van der Waals surface area contributed by atoms with E-state index in [1.165, 1.54) is 6.26 Å². The van der Waals surface area contributed by atoms with Crippen molar-refractivity contribution in [1.82, 2.24) is 10.6 Å². The van der Waals surface area contributed by atoms with Crippen molar-refractivity contribution in [3.05, 3.63) is 29.8 Å². The molecular weight excluding hydrogens is 401 g/mol. The minimum atomic E-state index is -3.14. The number of hydrogen-bond acceptors (Lipinski definition) is 3. The quantitative estimate of drug-likeness (QED) is 0.431. The van der Waals surface area contributed by atoms with Crippen molar-refractivity contribution in [2.45, 2.75) is 38.3 Å². The predicted octanol–water partition coefficient (Wildman–Crippen LogP) is 2.17. The molecule has 0 heterocycles. The van der Waals surface area contributed by atoms with Crippen LogP contribution in [0.2, 0.25) is 0 Å².